The SMILES string of the molecule is COc1cccc2[nH]c(C(=O)NC(CC3CC3)C(=O)NC(CC3CCNC3=O)C(N)=O)cc12. The van der Waals surface area contributed by atoms with E-state index in [9.17, 15) is 19.2 Å². The maximum Gasteiger partial charge on any atom is 0.268 e. The van der Waals surface area contributed by atoms with Gasteiger partial charge in [-0.2, -0.15) is 0 Å². The number of hydrogen-bond acceptors (Lipinski definition) is 5. The van der Waals surface area contributed by atoms with Crippen LogP contribution in [0.1, 0.15) is 42.6 Å². The number of aromatic amines is 1. The smallest absolute Gasteiger partial charge is 0.268 e. The molecular formula is C23H29N5O5. The maximum absolute atomic E-state index is 13.1. The highest BCUT2D eigenvalue weighted by molar-refractivity contribution is 6.01. The number of primary amides is 1. The van der Waals surface area contributed by atoms with Crippen molar-refractivity contribution in [3.05, 3.63) is 30.0 Å². The Balaban J connectivity index is 1.46. The summed E-state index contributed by atoms with van der Waals surface area (Å²) in [5.74, 6) is -1.16. The Kier molecular flexibility index (Phi) is 6.52. The quantitative estimate of drug-likeness (QED) is 0.354. The molecule has 4 amide bonds. The molecule has 0 radical (unpaired) electrons. The second-order valence-electron chi connectivity index (χ2n) is 8.79. The van der Waals surface area contributed by atoms with Crippen LogP contribution in [0.3, 0.4) is 0 Å². The summed E-state index contributed by atoms with van der Waals surface area (Å²) in [6, 6.07) is 5.33. The molecule has 10 nitrogen and oxygen atoms in total. The van der Waals surface area contributed by atoms with Crippen molar-refractivity contribution in [2.45, 2.75) is 44.2 Å². The number of fused-ring (bicyclic) bond motifs is 1. The lowest BCUT2D eigenvalue weighted by molar-refractivity contribution is -0.130. The summed E-state index contributed by atoms with van der Waals surface area (Å²) in [6.45, 7) is 0.540. The first kappa shape index (κ1) is 22.6. The minimum absolute atomic E-state index is 0.138. The predicted octanol–water partition coefficient (Wildman–Crippen LogP) is 0.571. The number of hydrogen-bond donors (Lipinski definition) is 5. The van der Waals surface area contributed by atoms with Crippen LogP contribution in [0.25, 0.3) is 10.9 Å². The van der Waals surface area contributed by atoms with E-state index in [-0.39, 0.29) is 18.2 Å². The van der Waals surface area contributed by atoms with E-state index in [0.717, 1.165) is 23.7 Å². The first-order chi connectivity index (χ1) is 15.9. The monoisotopic (exact) mass is 455 g/mol. The summed E-state index contributed by atoms with van der Waals surface area (Å²) in [7, 11) is 1.56. The Morgan fingerprint density at radius 1 is 1.15 bits per heavy atom. The van der Waals surface area contributed by atoms with Crippen molar-refractivity contribution in [2.75, 3.05) is 13.7 Å². The molecule has 1 saturated heterocycles. The van der Waals surface area contributed by atoms with E-state index in [0.29, 0.717) is 36.7 Å². The first-order valence-electron chi connectivity index (χ1n) is 11.2. The molecule has 1 aromatic heterocycles. The van der Waals surface area contributed by atoms with Crippen LogP contribution in [0.5, 0.6) is 5.75 Å². The lowest BCUT2D eigenvalue weighted by Gasteiger charge is -2.23. The van der Waals surface area contributed by atoms with Crippen molar-refractivity contribution >= 4 is 34.5 Å². The fourth-order valence-corrected chi connectivity index (χ4v) is 4.26. The highest BCUT2D eigenvalue weighted by Gasteiger charge is 2.35. The van der Waals surface area contributed by atoms with Gasteiger partial charge in [0.05, 0.1) is 7.11 Å². The Morgan fingerprint density at radius 3 is 2.58 bits per heavy atom. The summed E-state index contributed by atoms with van der Waals surface area (Å²) >= 11 is 0. The van der Waals surface area contributed by atoms with Crippen molar-refractivity contribution in [3.8, 4) is 5.75 Å². The summed E-state index contributed by atoms with van der Waals surface area (Å²) in [5.41, 5.74) is 6.54. The number of nitrogens with one attached hydrogen (secondary N) is 4. The van der Waals surface area contributed by atoms with E-state index in [1.165, 1.54) is 0 Å². The van der Waals surface area contributed by atoms with Crippen LogP contribution >= 0.6 is 0 Å². The molecule has 3 atom stereocenters. The lowest BCUT2D eigenvalue weighted by Crippen LogP contribution is -2.53. The Bertz CT molecular complexity index is 1080. The second-order valence-corrected chi connectivity index (χ2v) is 8.79. The van der Waals surface area contributed by atoms with Crippen LogP contribution in [0.15, 0.2) is 24.3 Å². The summed E-state index contributed by atoms with van der Waals surface area (Å²) in [4.78, 5) is 52.9. The topological polar surface area (TPSA) is 155 Å². The molecule has 2 aromatic rings. The minimum Gasteiger partial charge on any atom is -0.496 e. The van der Waals surface area contributed by atoms with Crippen molar-refractivity contribution in [1.82, 2.24) is 20.9 Å². The van der Waals surface area contributed by atoms with Gasteiger partial charge in [0.15, 0.2) is 0 Å². The average molecular weight is 456 g/mol. The third kappa shape index (κ3) is 5.27. The van der Waals surface area contributed by atoms with Crippen LogP contribution < -0.4 is 26.4 Å². The maximum atomic E-state index is 13.1. The van der Waals surface area contributed by atoms with Gasteiger partial charge < -0.3 is 31.4 Å². The number of amides is 4. The Morgan fingerprint density at radius 2 is 1.94 bits per heavy atom. The highest BCUT2D eigenvalue weighted by atomic mass is 16.5. The normalized spacial score (nSPS) is 19.5. The van der Waals surface area contributed by atoms with Crippen molar-refractivity contribution in [1.29, 1.82) is 0 Å². The van der Waals surface area contributed by atoms with Gasteiger partial charge in [-0.25, -0.2) is 0 Å². The van der Waals surface area contributed by atoms with Gasteiger partial charge in [-0.1, -0.05) is 18.9 Å². The van der Waals surface area contributed by atoms with Crippen LogP contribution in [0.4, 0.5) is 0 Å². The molecule has 2 aliphatic rings. The molecule has 3 unspecified atom stereocenters. The molecule has 0 spiro atoms. The summed E-state index contributed by atoms with van der Waals surface area (Å²) in [6.07, 6.45) is 3.18. The number of rotatable bonds is 10. The Hall–Kier alpha value is -3.56. The standard InChI is InChI=1S/C23H29N5O5/c1-33-19-4-2-3-15-14(19)11-18(26-15)23(32)28-17(9-12-5-6-12)22(31)27-16(20(24)29)10-13-7-8-25-21(13)30/h2-4,11-13,16-17,26H,5-10H2,1H3,(H2,24,29)(H,25,30)(H,27,31)(H,28,32). The van der Waals surface area contributed by atoms with Gasteiger partial charge in [0.1, 0.15) is 23.5 Å². The number of ether oxygens (including phenoxy) is 1. The zero-order chi connectivity index (χ0) is 23.5. The Labute approximate surface area is 191 Å². The van der Waals surface area contributed by atoms with Crippen molar-refractivity contribution in [3.63, 3.8) is 0 Å². The largest absolute Gasteiger partial charge is 0.496 e. The van der Waals surface area contributed by atoms with Gasteiger partial charge in [-0.3, -0.25) is 19.2 Å². The zero-order valence-corrected chi connectivity index (χ0v) is 18.5. The van der Waals surface area contributed by atoms with Gasteiger partial charge in [0.2, 0.25) is 17.7 Å². The van der Waals surface area contributed by atoms with Crippen LogP contribution in [-0.4, -0.2) is 54.4 Å². The van der Waals surface area contributed by atoms with Crippen LogP contribution in [0.2, 0.25) is 0 Å². The van der Waals surface area contributed by atoms with E-state index in [2.05, 4.69) is 20.9 Å². The van der Waals surface area contributed by atoms with Gasteiger partial charge in [0, 0.05) is 23.4 Å². The van der Waals surface area contributed by atoms with Crippen LogP contribution in [-0.2, 0) is 14.4 Å². The molecule has 33 heavy (non-hydrogen) atoms. The van der Waals surface area contributed by atoms with Gasteiger partial charge in [-0.05, 0) is 43.4 Å². The molecule has 176 valence electrons. The highest BCUT2D eigenvalue weighted by Crippen LogP contribution is 2.34. The van der Waals surface area contributed by atoms with E-state index in [1.54, 1.807) is 19.2 Å². The zero-order valence-electron chi connectivity index (χ0n) is 18.5. The van der Waals surface area contributed by atoms with Gasteiger partial charge in [0.25, 0.3) is 5.91 Å². The molecule has 1 aliphatic heterocycles. The number of carbonyl (C=O) groups is 4. The fraction of sp³-hybridized carbons (Fsp3) is 0.478. The molecule has 1 aliphatic carbocycles. The average Bonchev–Trinajstić information content (AvgIpc) is 3.34. The molecule has 2 fully saturated rings. The van der Waals surface area contributed by atoms with E-state index < -0.39 is 29.8 Å². The molecule has 2 heterocycles. The molecule has 1 saturated carbocycles. The first-order valence-corrected chi connectivity index (χ1v) is 11.2. The number of H-pyrrole nitrogens is 1. The molecule has 10 heteroatoms. The molecular weight excluding hydrogens is 426 g/mol. The van der Waals surface area contributed by atoms with Crippen molar-refractivity contribution < 1.29 is 23.9 Å². The summed E-state index contributed by atoms with van der Waals surface area (Å²) in [5, 5.41) is 8.93. The number of carbonyl (C=O) groups excluding carboxylic acids is 4. The number of aromatic nitrogens is 1. The molecule has 1 aromatic carbocycles. The number of benzene rings is 1. The van der Waals surface area contributed by atoms with E-state index in [4.69, 9.17) is 10.5 Å². The minimum atomic E-state index is -0.984. The molecule has 0 bridgehead atoms. The predicted molar refractivity (Wildman–Crippen MR) is 120 cm³/mol. The third-order valence-electron chi connectivity index (χ3n) is 6.32. The van der Waals surface area contributed by atoms with E-state index >= 15 is 0 Å². The van der Waals surface area contributed by atoms with E-state index in [1.807, 2.05) is 12.1 Å². The second kappa shape index (κ2) is 9.51. The van der Waals surface area contributed by atoms with Gasteiger partial charge in [-0.15, -0.1) is 0 Å². The number of methoxy groups -OCH3 is 1. The van der Waals surface area contributed by atoms with Gasteiger partial charge >= 0.3 is 0 Å². The number of nitrogens with two attached hydrogens (primary N) is 1. The van der Waals surface area contributed by atoms with Crippen molar-refractivity contribution in [2.24, 2.45) is 17.6 Å². The molecule has 6 N–H and O–H groups in total. The third-order valence-corrected chi connectivity index (χ3v) is 6.32. The fourth-order valence-electron chi connectivity index (χ4n) is 4.26. The lowest BCUT2D eigenvalue weighted by atomic mass is 9.97. The summed E-state index contributed by atoms with van der Waals surface area (Å²) < 4.78 is 5.34. The molecule has 4 rings (SSSR count). The van der Waals surface area contributed by atoms with Crippen LogP contribution in [0, 0.1) is 11.8 Å².